The third-order valence-corrected chi connectivity index (χ3v) is 13.6. The summed E-state index contributed by atoms with van der Waals surface area (Å²) in [6, 6.07) is 21.0. The summed E-state index contributed by atoms with van der Waals surface area (Å²) in [6.45, 7) is 15.8. The molecular weight excluding hydrogens is 767 g/mol. The van der Waals surface area contributed by atoms with Crippen LogP contribution in [0, 0.1) is 0 Å². The highest BCUT2D eigenvalue weighted by atomic mass is 16.2. The summed E-state index contributed by atoms with van der Waals surface area (Å²) in [5, 5.41) is 0. The molecule has 362 valence electrons. The largest absolute Gasteiger partial charge is 0.334 e. The lowest BCUT2D eigenvalue weighted by atomic mass is 10.1. The van der Waals surface area contributed by atoms with E-state index in [2.05, 4.69) is 96.1 Å². The third-order valence-electron chi connectivity index (χ3n) is 13.6. The van der Waals surface area contributed by atoms with E-state index in [4.69, 9.17) is 0 Å². The van der Waals surface area contributed by atoms with Gasteiger partial charge in [-0.1, -0.05) is 261 Å². The van der Waals surface area contributed by atoms with Crippen molar-refractivity contribution in [3.8, 4) is 0 Å². The Balaban J connectivity index is 1.86. The molecule has 0 saturated heterocycles. The molecule has 2 rings (SSSR count). The van der Waals surface area contributed by atoms with Crippen LogP contribution in [0.4, 0.5) is 0 Å². The van der Waals surface area contributed by atoms with Crippen molar-refractivity contribution in [2.24, 2.45) is 0 Å². The fourth-order valence-corrected chi connectivity index (χ4v) is 9.44. The van der Waals surface area contributed by atoms with Crippen molar-refractivity contribution in [3.63, 3.8) is 0 Å². The van der Waals surface area contributed by atoms with Crippen molar-refractivity contribution in [1.29, 1.82) is 0 Å². The lowest BCUT2D eigenvalue weighted by molar-refractivity contribution is -0.132. The monoisotopic (exact) mass is 872 g/mol. The normalized spacial score (nSPS) is 11.6. The first-order valence-electron chi connectivity index (χ1n) is 28.0. The zero-order valence-electron chi connectivity index (χ0n) is 42.4. The lowest BCUT2D eigenvalue weighted by Gasteiger charge is -2.26. The molecule has 0 unspecified atom stereocenters. The van der Waals surface area contributed by atoms with Crippen LogP contribution in [0.2, 0.25) is 0 Å². The fourth-order valence-electron chi connectivity index (χ4n) is 9.44. The molecule has 0 aromatic heterocycles. The molecule has 0 heterocycles. The Bertz CT molecular complexity index is 1150. The van der Waals surface area contributed by atoms with Gasteiger partial charge in [0.1, 0.15) is 0 Å². The maximum Gasteiger partial charge on any atom is 0.223 e. The molecule has 0 spiro atoms. The second kappa shape index (κ2) is 43.7. The minimum Gasteiger partial charge on any atom is -0.334 e. The Morgan fingerprint density at radius 1 is 0.317 bits per heavy atom. The molecular formula is C59H105N3O. The summed E-state index contributed by atoms with van der Waals surface area (Å²) in [7, 11) is 0. The maximum absolute atomic E-state index is 13.6. The molecule has 0 bridgehead atoms. The second-order valence-corrected chi connectivity index (χ2v) is 19.6. The van der Waals surface area contributed by atoms with Gasteiger partial charge in [-0.05, 0) is 88.9 Å². The summed E-state index contributed by atoms with van der Waals surface area (Å²) in [6.07, 6.45) is 47.6. The molecule has 2 aromatic carbocycles. The van der Waals surface area contributed by atoms with Crippen LogP contribution >= 0.6 is 0 Å². The van der Waals surface area contributed by atoms with E-state index in [0.717, 1.165) is 12.8 Å². The number of unbranched alkanes of at least 4 members (excludes halogenated alkanes) is 29. The highest BCUT2D eigenvalue weighted by Gasteiger charge is 2.15. The third kappa shape index (κ3) is 34.8. The van der Waals surface area contributed by atoms with Gasteiger partial charge in [0.05, 0.1) is 0 Å². The Morgan fingerprint density at radius 2 is 0.571 bits per heavy atom. The minimum absolute atomic E-state index is 0.287. The Hall–Kier alpha value is -2.17. The van der Waals surface area contributed by atoms with E-state index in [-0.39, 0.29) is 5.91 Å². The smallest absolute Gasteiger partial charge is 0.223 e. The molecule has 0 aliphatic rings. The van der Waals surface area contributed by atoms with Gasteiger partial charge in [0.2, 0.25) is 5.91 Å². The van der Waals surface area contributed by atoms with Crippen molar-refractivity contribution in [2.45, 2.75) is 259 Å². The van der Waals surface area contributed by atoms with E-state index in [1.54, 1.807) is 0 Å². The minimum atomic E-state index is 0.287. The molecule has 4 nitrogen and oxygen atoms in total. The number of hydrogen-bond acceptors (Lipinski definition) is 3. The Labute approximate surface area is 393 Å². The Morgan fingerprint density at radius 3 is 0.873 bits per heavy atom. The molecule has 0 fully saturated rings. The van der Waals surface area contributed by atoms with Crippen molar-refractivity contribution < 1.29 is 4.79 Å². The average Bonchev–Trinajstić information content (AvgIpc) is 3.30. The van der Waals surface area contributed by atoms with Gasteiger partial charge in [-0.25, -0.2) is 0 Å². The van der Waals surface area contributed by atoms with E-state index in [1.165, 1.54) is 256 Å². The molecule has 4 heteroatoms. The summed E-state index contributed by atoms with van der Waals surface area (Å²) in [5.41, 5.74) is 2.41. The molecule has 2 aromatic rings. The van der Waals surface area contributed by atoms with Crippen LogP contribution in [0.1, 0.15) is 257 Å². The zero-order valence-corrected chi connectivity index (χ0v) is 42.4. The van der Waals surface area contributed by atoms with Crippen molar-refractivity contribution >= 4 is 5.91 Å². The van der Waals surface area contributed by atoms with E-state index < -0.39 is 0 Å². The van der Waals surface area contributed by atoms with Crippen molar-refractivity contribution in [3.05, 3.63) is 71.8 Å². The molecule has 0 N–H and O–H groups in total. The van der Waals surface area contributed by atoms with Crippen LogP contribution in [0.5, 0.6) is 0 Å². The van der Waals surface area contributed by atoms with E-state index in [9.17, 15) is 4.79 Å². The van der Waals surface area contributed by atoms with Gasteiger partial charge in [0, 0.05) is 19.5 Å². The van der Waals surface area contributed by atoms with Crippen LogP contribution in [0.3, 0.4) is 0 Å². The first-order chi connectivity index (χ1) is 31.2. The van der Waals surface area contributed by atoms with Gasteiger partial charge < -0.3 is 14.7 Å². The van der Waals surface area contributed by atoms with Crippen LogP contribution < -0.4 is 0 Å². The first kappa shape index (κ1) is 57.0. The predicted octanol–water partition coefficient (Wildman–Crippen LogP) is 17.5. The van der Waals surface area contributed by atoms with Crippen molar-refractivity contribution in [1.82, 2.24) is 14.7 Å². The zero-order chi connectivity index (χ0) is 44.9. The molecule has 0 atom stereocenters. The van der Waals surface area contributed by atoms with Crippen LogP contribution in [-0.2, 0) is 17.9 Å². The van der Waals surface area contributed by atoms with Crippen molar-refractivity contribution in [2.75, 3.05) is 39.3 Å². The summed E-state index contributed by atoms with van der Waals surface area (Å²) < 4.78 is 0. The number of carbonyl (C=O) groups is 1. The molecule has 0 radical (unpaired) electrons. The summed E-state index contributed by atoms with van der Waals surface area (Å²) in [5.74, 6) is 0.287. The first-order valence-corrected chi connectivity index (χ1v) is 28.0. The standard InChI is InChI=1S/C59H105N3O/c1-4-7-10-13-16-19-22-25-28-39-49-60(50-40-29-26-23-20-17-14-11-8-5-2)53-43-54-61(51-41-30-27-24-21-18-15-12-9-6-3)52-42-33-38-48-59(63)62(55-57-44-34-31-35-45-57)56-58-46-36-32-37-47-58/h31-32,34-37,44-47H,4-30,33,38-43,48-56H2,1-3H3. The van der Waals surface area contributed by atoms with Gasteiger partial charge in [-0.2, -0.15) is 0 Å². The SMILES string of the molecule is CCCCCCCCCCCCN(CCCCCCCCCCCC)CCCN(CCCCCCCCCCCC)CCCCCC(=O)N(Cc1ccccc1)Cc1ccccc1. The van der Waals surface area contributed by atoms with Crippen LogP contribution in [-0.4, -0.2) is 59.9 Å². The van der Waals surface area contributed by atoms with Gasteiger partial charge >= 0.3 is 0 Å². The molecule has 0 aliphatic heterocycles. The number of nitrogens with zero attached hydrogens (tertiary/aromatic N) is 3. The molecule has 63 heavy (non-hydrogen) atoms. The van der Waals surface area contributed by atoms with Gasteiger partial charge in [-0.3, -0.25) is 4.79 Å². The summed E-state index contributed by atoms with van der Waals surface area (Å²) in [4.78, 5) is 21.4. The maximum atomic E-state index is 13.6. The van der Waals surface area contributed by atoms with Crippen LogP contribution in [0.15, 0.2) is 60.7 Å². The number of benzene rings is 2. The predicted molar refractivity (Wildman–Crippen MR) is 279 cm³/mol. The van der Waals surface area contributed by atoms with Gasteiger partial charge in [-0.15, -0.1) is 0 Å². The number of carbonyl (C=O) groups excluding carboxylic acids is 1. The summed E-state index contributed by atoms with van der Waals surface area (Å²) >= 11 is 0. The lowest BCUT2D eigenvalue weighted by Crippen LogP contribution is -2.32. The highest BCUT2D eigenvalue weighted by Crippen LogP contribution is 2.17. The second-order valence-electron chi connectivity index (χ2n) is 19.6. The van der Waals surface area contributed by atoms with Gasteiger partial charge in [0.25, 0.3) is 0 Å². The van der Waals surface area contributed by atoms with Crippen LogP contribution in [0.25, 0.3) is 0 Å². The molecule has 0 saturated carbocycles. The molecule has 1 amide bonds. The Kier molecular flexibility index (Phi) is 39.5. The molecule has 0 aliphatic carbocycles. The number of amides is 1. The number of rotatable bonds is 47. The number of hydrogen-bond donors (Lipinski definition) is 0. The average molecular weight is 873 g/mol. The van der Waals surface area contributed by atoms with E-state index >= 15 is 0 Å². The van der Waals surface area contributed by atoms with Gasteiger partial charge in [0.15, 0.2) is 0 Å². The topological polar surface area (TPSA) is 26.8 Å². The fraction of sp³-hybridized carbons (Fsp3) is 0.780. The van der Waals surface area contributed by atoms with E-state index in [1.807, 2.05) is 0 Å². The highest BCUT2D eigenvalue weighted by molar-refractivity contribution is 5.76. The van der Waals surface area contributed by atoms with E-state index in [0.29, 0.717) is 19.5 Å². The quantitative estimate of drug-likeness (QED) is 0.0620.